The summed E-state index contributed by atoms with van der Waals surface area (Å²) in [5.41, 5.74) is 0.704. The Balaban J connectivity index is 2.20. The molecule has 15 heavy (non-hydrogen) atoms. The van der Waals surface area contributed by atoms with Gasteiger partial charge in [-0.2, -0.15) is 0 Å². The average molecular weight is 227 g/mol. The van der Waals surface area contributed by atoms with E-state index in [9.17, 15) is 4.79 Å². The van der Waals surface area contributed by atoms with Crippen LogP contribution in [0.3, 0.4) is 0 Å². The molecular formula is C12H15ClO2. The Bertz CT molecular complexity index is 285. The highest BCUT2D eigenvalue weighted by molar-refractivity contribution is 6.17. The quantitative estimate of drug-likeness (QED) is 0.406. The molecule has 0 saturated heterocycles. The number of carbonyl (C=O) groups excluding carboxylic acids is 1. The van der Waals surface area contributed by atoms with E-state index < -0.39 is 0 Å². The summed E-state index contributed by atoms with van der Waals surface area (Å²) >= 11 is 5.52. The summed E-state index contributed by atoms with van der Waals surface area (Å²) in [6.07, 6.45) is 1.84. The number of rotatable bonds is 7. The minimum absolute atomic E-state index is 0.0291. The van der Waals surface area contributed by atoms with Crippen LogP contribution in [0.15, 0.2) is 30.3 Å². The molecule has 1 aromatic carbocycles. The van der Waals surface area contributed by atoms with Crippen molar-refractivity contribution in [2.24, 2.45) is 0 Å². The molecule has 0 amide bonds. The maximum atomic E-state index is 11.5. The van der Waals surface area contributed by atoms with Gasteiger partial charge >= 0.3 is 0 Å². The molecule has 3 heteroatoms. The third-order valence-electron chi connectivity index (χ3n) is 2.00. The monoisotopic (exact) mass is 226 g/mol. The van der Waals surface area contributed by atoms with Crippen LogP contribution >= 0.6 is 11.6 Å². The number of hydrogen-bond acceptors (Lipinski definition) is 2. The lowest BCUT2D eigenvalue weighted by Crippen LogP contribution is -2.09. The lowest BCUT2D eigenvalue weighted by Gasteiger charge is -2.02. The first-order valence-corrected chi connectivity index (χ1v) is 5.60. The molecule has 0 saturated carbocycles. The van der Waals surface area contributed by atoms with Gasteiger partial charge in [0.25, 0.3) is 0 Å². The third kappa shape index (κ3) is 4.96. The molecule has 0 unspecified atom stereocenters. The van der Waals surface area contributed by atoms with Crippen molar-refractivity contribution in [3.63, 3.8) is 0 Å². The van der Waals surface area contributed by atoms with Gasteiger partial charge in [0, 0.05) is 18.1 Å². The number of ether oxygens (including phenoxy) is 1. The Morgan fingerprint density at radius 3 is 2.60 bits per heavy atom. The van der Waals surface area contributed by atoms with Crippen LogP contribution in [0.4, 0.5) is 0 Å². The molecule has 1 rings (SSSR count). The summed E-state index contributed by atoms with van der Waals surface area (Å²) in [6, 6.07) is 9.18. The number of halogens is 1. The van der Waals surface area contributed by atoms with Crippen molar-refractivity contribution in [3.8, 4) is 0 Å². The second-order valence-electron chi connectivity index (χ2n) is 3.24. The second kappa shape index (κ2) is 7.43. The Hall–Kier alpha value is -0.860. The largest absolute Gasteiger partial charge is 0.373 e. The molecule has 0 N–H and O–H groups in total. The number of carbonyl (C=O) groups is 1. The van der Waals surface area contributed by atoms with Gasteiger partial charge in [-0.15, -0.1) is 11.6 Å². The fourth-order valence-electron chi connectivity index (χ4n) is 1.17. The number of unbranched alkanes of at least 4 members (excludes halogenated alkanes) is 1. The predicted molar refractivity (Wildman–Crippen MR) is 61.5 cm³/mol. The van der Waals surface area contributed by atoms with Crippen LogP contribution < -0.4 is 0 Å². The van der Waals surface area contributed by atoms with E-state index in [1.54, 1.807) is 12.1 Å². The molecule has 1 aromatic rings. The van der Waals surface area contributed by atoms with Crippen LogP contribution in [0.25, 0.3) is 0 Å². The second-order valence-corrected chi connectivity index (χ2v) is 3.62. The van der Waals surface area contributed by atoms with Gasteiger partial charge in [-0.1, -0.05) is 30.3 Å². The first-order valence-electron chi connectivity index (χ1n) is 5.06. The highest BCUT2D eigenvalue weighted by Crippen LogP contribution is 2.00. The number of hydrogen-bond donors (Lipinski definition) is 0. The van der Waals surface area contributed by atoms with Crippen LogP contribution in [0.1, 0.15) is 23.2 Å². The van der Waals surface area contributed by atoms with Crippen molar-refractivity contribution < 1.29 is 9.53 Å². The smallest absolute Gasteiger partial charge is 0.188 e. The van der Waals surface area contributed by atoms with Gasteiger partial charge in [0.1, 0.15) is 6.61 Å². The number of benzene rings is 1. The van der Waals surface area contributed by atoms with Gasteiger partial charge in [-0.25, -0.2) is 0 Å². The number of Topliss-reactive ketones (excluding diaryl/α,β-unsaturated/α-hetero) is 1. The summed E-state index contributed by atoms with van der Waals surface area (Å²) in [5.74, 6) is 0.678. The van der Waals surface area contributed by atoms with Crippen LogP contribution in [-0.4, -0.2) is 24.9 Å². The molecule has 0 heterocycles. The molecule has 2 nitrogen and oxygen atoms in total. The highest BCUT2D eigenvalue weighted by Gasteiger charge is 2.03. The van der Waals surface area contributed by atoms with Crippen molar-refractivity contribution in [3.05, 3.63) is 35.9 Å². The standard InChI is InChI=1S/C12H15ClO2/c13-8-4-5-9-15-10-12(14)11-6-2-1-3-7-11/h1-3,6-7H,4-5,8-10H2. The zero-order valence-corrected chi connectivity index (χ0v) is 9.37. The lowest BCUT2D eigenvalue weighted by atomic mass is 10.1. The normalized spacial score (nSPS) is 10.2. The maximum absolute atomic E-state index is 11.5. The van der Waals surface area contributed by atoms with E-state index in [2.05, 4.69) is 0 Å². The third-order valence-corrected chi connectivity index (χ3v) is 2.27. The van der Waals surface area contributed by atoms with Gasteiger partial charge in [0.15, 0.2) is 5.78 Å². The van der Waals surface area contributed by atoms with Gasteiger partial charge in [0.05, 0.1) is 0 Å². The summed E-state index contributed by atoms with van der Waals surface area (Å²) in [7, 11) is 0. The Morgan fingerprint density at radius 2 is 1.93 bits per heavy atom. The van der Waals surface area contributed by atoms with Crippen molar-refractivity contribution >= 4 is 17.4 Å². The van der Waals surface area contributed by atoms with E-state index in [4.69, 9.17) is 16.3 Å². The zero-order chi connectivity index (χ0) is 10.9. The maximum Gasteiger partial charge on any atom is 0.188 e. The number of ketones is 1. The van der Waals surface area contributed by atoms with Crippen molar-refractivity contribution in [2.45, 2.75) is 12.8 Å². The SMILES string of the molecule is O=C(COCCCCCl)c1ccccc1. The Morgan fingerprint density at radius 1 is 1.20 bits per heavy atom. The number of alkyl halides is 1. The first kappa shape index (κ1) is 12.2. The van der Waals surface area contributed by atoms with E-state index >= 15 is 0 Å². The van der Waals surface area contributed by atoms with E-state index in [0.717, 1.165) is 12.8 Å². The van der Waals surface area contributed by atoms with Gasteiger partial charge in [-0.3, -0.25) is 4.79 Å². The molecule has 0 atom stereocenters. The molecule has 0 spiro atoms. The Kier molecular flexibility index (Phi) is 6.05. The summed E-state index contributed by atoms with van der Waals surface area (Å²) in [6.45, 7) is 0.762. The minimum Gasteiger partial charge on any atom is -0.373 e. The van der Waals surface area contributed by atoms with Crippen molar-refractivity contribution in [1.29, 1.82) is 0 Å². The van der Waals surface area contributed by atoms with Crippen LogP contribution in [-0.2, 0) is 4.74 Å². The first-order chi connectivity index (χ1) is 7.34. The van der Waals surface area contributed by atoms with Crippen LogP contribution in [0, 0.1) is 0 Å². The van der Waals surface area contributed by atoms with E-state index in [1.807, 2.05) is 18.2 Å². The van der Waals surface area contributed by atoms with Crippen LogP contribution in [0.5, 0.6) is 0 Å². The molecule has 0 radical (unpaired) electrons. The minimum atomic E-state index is 0.0291. The van der Waals surface area contributed by atoms with Crippen LogP contribution in [0.2, 0.25) is 0 Å². The molecule has 82 valence electrons. The fourth-order valence-corrected chi connectivity index (χ4v) is 1.36. The summed E-state index contributed by atoms with van der Waals surface area (Å²) < 4.78 is 5.24. The lowest BCUT2D eigenvalue weighted by molar-refractivity contribution is 0.0755. The molecule has 0 aromatic heterocycles. The molecule has 0 aliphatic heterocycles. The summed E-state index contributed by atoms with van der Waals surface area (Å²) in [5, 5.41) is 0. The fraction of sp³-hybridized carbons (Fsp3) is 0.417. The van der Waals surface area contributed by atoms with Gasteiger partial charge in [0.2, 0.25) is 0 Å². The van der Waals surface area contributed by atoms with Crippen molar-refractivity contribution in [2.75, 3.05) is 19.1 Å². The molecule has 0 fully saturated rings. The Labute approximate surface area is 95.2 Å². The molecular weight excluding hydrogens is 212 g/mol. The van der Waals surface area contributed by atoms with E-state index in [0.29, 0.717) is 18.1 Å². The van der Waals surface area contributed by atoms with Crippen molar-refractivity contribution in [1.82, 2.24) is 0 Å². The van der Waals surface area contributed by atoms with Gasteiger partial charge < -0.3 is 4.74 Å². The molecule has 0 bridgehead atoms. The highest BCUT2D eigenvalue weighted by atomic mass is 35.5. The average Bonchev–Trinajstić information content (AvgIpc) is 2.30. The zero-order valence-electron chi connectivity index (χ0n) is 8.62. The molecule has 0 aliphatic carbocycles. The van der Waals surface area contributed by atoms with E-state index in [-0.39, 0.29) is 12.4 Å². The predicted octanol–water partition coefficient (Wildman–Crippen LogP) is 2.90. The van der Waals surface area contributed by atoms with E-state index in [1.165, 1.54) is 0 Å². The van der Waals surface area contributed by atoms with Gasteiger partial charge in [-0.05, 0) is 12.8 Å². The summed E-state index contributed by atoms with van der Waals surface area (Å²) in [4.78, 5) is 11.5. The topological polar surface area (TPSA) is 26.3 Å². The molecule has 0 aliphatic rings.